The molecule has 2 rings (SSSR count). The van der Waals surface area contributed by atoms with Gasteiger partial charge >= 0.3 is 6.09 Å². The van der Waals surface area contributed by atoms with Crippen molar-refractivity contribution in [2.75, 3.05) is 31.0 Å². The van der Waals surface area contributed by atoms with Gasteiger partial charge < -0.3 is 14.8 Å². The van der Waals surface area contributed by atoms with Crippen molar-refractivity contribution in [2.24, 2.45) is 0 Å². The second-order valence-corrected chi connectivity index (χ2v) is 4.26. The summed E-state index contributed by atoms with van der Waals surface area (Å²) in [7, 11) is 1.34. The fourth-order valence-corrected chi connectivity index (χ4v) is 1.95. The standard InChI is InChI=1S/C13H18N2O3/c1-17-13(16)15-11-5-2-4-10(8-11)14-12-6-3-7-18-9-12/h2,4-5,8,12,14H,3,6-7,9H2,1H3,(H,15,16). The normalized spacial score (nSPS) is 19.1. The molecule has 0 radical (unpaired) electrons. The summed E-state index contributed by atoms with van der Waals surface area (Å²) in [5.74, 6) is 0. The van der Waals surface area contributed by atoms with E-state index in [1.54, 1.807) is 0 Å². The number of carbonyl (C=O) groups is 1. The van der Waals surface area contributed by atoms with Gasteiger partial charge in [-0.2, -0.15) is 0 Å². The predicted octanol–water partition coefficient (Wildman–Crippen LogP) is 2.46. The molecule has 5 heteroatoms. The molecule has 5 nitrogen and oxygen atoms in total. The van der Waals surface area contributed by atoms with Crippen LogP contribution in [0.2, 0.25) is 0 Å². The number of methoxy groups -OCH3 is 1. The van der Waals surface area contributed by atoms with Crippen LogP contribution in [0.1, 0.15) is 12.8 Å². The molecule has 1 aromatic carbocycles. The zero-order valence-electron chi connectivity index (χ0n) is 10.4. The maximum atomic E-state index is 11.1. The summed E-state index contributed by atoms with van der Waals surface area (Å²) in [4.78, 5) is 11.1. The first kappa shape index (κ1) is 12.7. The van der Waals surface area contributed by atoms with Crippen LogP contribution >= 0.6 is 0 Å². The number of ether oxygens (including phenoxy) is 2. The highest BCUT2D eigenvalue weighted by Gasteiger charge is 2.13. The number of carbonyl (C=O) groups excluding carboxylic acids is 1. The summed E-state index contributed by atoms with van der Waals surface area (Å²) >= 11 is 0. The molecule has 18 heavy (non-hydrogen) atoms. The average molecular weight is 250 g/mol. The topological polar surface area (TPSA) is 59.6 Å². The second kappa shape index (κ2) is 6.26. The molecule has 1 aromatic rings. The molecule has 1 aliphatic rings. The van der Waals surface area contributed by atoms with Gasteiger partial charge in [0.25, 0.3) is 0 Å². The Labute approximate surface area is 106 Å². The van der Waals surface area contributed by atoms with Crippen molar-refractivity contribution in [2.45, 2.75) is 18.9 Å². The molecule has 0 aliphatic carbocycles. The Morgan fingerprint density at radius 2 is 2.28 bits per heavy atom. The summed E-state index contributed by atoms with van der Waals surface area (Å²) in [5, 5.41) is 6.03. The van der Waals surface area contributed by atoms with Crippen LogP contribution in [0.4, 0.5) is 16.2 Å². The van der Waals surface area contributed by atoms with Crippen LogP contribution in [-0.4, -0.2) is 32.5 Å². The number of benzene rings is 1. The monoisotopic (exact) mass is 250 g/mol. The smallest absolute Gasteiger partial charge is 0.411 e. The lowest BCUT2D eigenvalue weighted by Gasteiger charge is -2.24. The van der Waals surface area contributed by atoms with E-state index in [9.17, 15) is 4.79 Å². The Balaban J connectivity index is 1.95. The highest BCUT2D eigenvalue weighted by atomic mass is 16.5. The van der Waals surface area contributed by atoms with Gasteiger partial charge in [-0.1, -0.05) is 6.07 Å². The molecule has 98 valence electrons. The molecule has 0 saturated carbocycles. The second-order valence-electron chi connectivity index (χ2n) is 4.26. The van der Waals surface area contributed by atoms with E-state index in [0.717, 1.165) is 31.7 Å². The van der Waals surface area contributed by atoms with Crippen LogP contribution in [0, 0.1) is 0 Å². The number of anilines is 2. The summed E-state index contributed by atoms with van der Waals surface area (Å²) in [6, 6.07) is 7.89. The van der Waals surface area contributed by atoms with Gasteiger partial charge in [0.2, 0.25) is 0 Å². The number of hydrogen-bond acceptors (Lipinski definition) is 4. The molecule has 1 atom stereocenters. The highest BCUT2D eigenvalue weighted by Crippen LogP contribution is 2.18. The van der Waals surface area contributed by atoms with Crippen LogP contribution in [0.3, 0.4) is 0 Å². The van der Waals surface area contributed by atoms with Crippen LogP contribution in [0.15, 0.2) is 24.3 Å². The SMILES string of the molecule is COC(=O)Nc1cccc(NC2CCCOC2)c1. The minimum atomic E-state index is -0.465. The zero-order chi connectivity index (χ0) is 12.8. The number of rotatable bonds is 3. The summed E-state index contributed by atoms with van der Waals surface area (Å²) < 4.78 is 9.97. The van der Waals surface area contributed by atoms with Crippen molar-refractivity contribution in [3.8, 4) is 0 Å². The van der Waals surface area contributed by atoms with E-state index < -0.39 is 6.09 Å². The summed E-state index contributed by atoms with van der Waals surface area (Å²) in [5.41, 5.74) is 1.68. The lowest BCUT2D eigenvalue weighted by Crippen LogP contribution is -2.29. The molecule has 1 saturated heterocycles. The Hall–Kier alpha value is -1.75. The molecule has 1 aliphatic heterocycles. The number of nitrogens with one attached hydrogen (secondary N) is 2. The van der Waals surface area contributed by atoms with E-state index in [-0.39, 0.29) is 0 Å². The fraction of sp³-hybridized carbons (Fsp3) is 0.462. The largest absolute Gasteiger partial charge is 0.453 e. The van der Waals surface area contributed by atoms with Crippen LogP contribution < -0.4 is 10.6 Å². The molecule has 1 amide bonds. The van der Waals surface area contributed by atoms with E-state index in [2.05, 4.69) is 15.4 Å². The highest BCUT2D eigenvalue weighted by molar-refractivity contribution is 5.85. The zero-order valence-corrected chi connectivity index (χ0v) is 10.4. The molecule has 0 spiro atoms. The molecule has 1 heterocycles. The van der Waals surface area contributed by atoms with E-state index in [1.807, 2.05) is 24.3 Å². The van der Waals surface area contributed by atoms with Gasteiger partial charge in [-0.3, -0.25) is 5.32 Å². The molecular weight excluding hydrogens is 232 g/mol. The molecular formula is C13H18N2O3. The Morgan fingerprint density at radius 3 is 3.00 bits per heavy atom. The van der Waals surface area contributed by atoms with Crippen molar-refractivity contribution in [1.29, 1.82) is 0 Å². The Morgan fingerprint density at radius 1 is 1.44 bits per heavy atom. The third-order valence-corrected chi connectivity index (χ3v) is 2.83. The van der Waals surface area contributed by atoms with Gasteiger partial charge in [0.1, 0.15) is 0 Å². The summed E-state index contributed by atoms with van der Waals surface area (Å²) in [6.07, 6.45) is 1.72. The van der Waals surface area contributed by atoms with Crippen LogP contribution in [-0.2, 0) is 9.47 Å². The van der Waals surface area contributed by atoms with Crippen molar-refractivity contribution in [1.82, 2.24) is 0 Å². The van der Waals surface area contributed by atoms with Gasteiger partial charge in [-0.15, -0.1) is 0 Å². The predicted molar refractivity (Wildman–Crippen MR) is 69.9 cm³/mol. The Bertz CT molecular complexity index is 403. The number of amides is 1. The molecule has 2 N–H and O–H groups in total. The fourth-order valence-electron chi connectivity index (χ4n) is 1.95. The molecule has 1 unspecified atom stereocenters. The third kappa shape index (κ3) is 3.63. The minimum Gasteiger partial charge on any atom is -0.453 e. The molecule has 1 fully saturated rings. The summed E-state index contributed by atoms with van der Waals surface area (Å²) in [6.45, 7) is 1.58. The van der Waals surface area contributed by atoms with Gasteiger partial charge in [-0.05, 0) is 31.0 Å². The molecule has 0 aromatic heterocycles. The van der Waals surface area contributed by atoms with Crippen molar-refractivity contribution in [3.05, 3.63) is 24.3 Å². The van der Waals surface area contributed by atoms with E-state index in [1.165, 1.54) is 7.11 Å². The van der Waals surface area contributed by atoms with Gasteiger partial charge in [0.05, 0.1) is 13.7 Å². The Kier molecular flexibility index (Phi) is 4.41. The van der Waals surface area contributed by atoms with E-state index >= 15 is 0 Å². The first-order valence-corrected chi connectivity index (χ1v) is 6.07. The van der Waals surface area contributed by atoms with Gasteiger partial charge in [-0.25, -0.2) is 4.79 Å². The quantitative estimate of drug-likeness (QED) is 0.865. The first-order chi connectivity index (χ1) is 8.78. The van der Waals surface area contributed by atoms with Crippen molar-refractivity contribution < 1.29 is 14.3 Å². The number of hydrogen-bond donors (Lipinski definition) is 2. The van der Waals surface area contributed by atoms with Crippen molar-refractivity contribution in [3.63, 3.8) is 0 Å². The lowest BCUT2D eigenvalue weighted by molar-refractivity contribution is 0.0876. The maximum Gasteiger partial charge on any atom is 0.411 e. The van der Waals surface area contributed by atoms with Gasteiger partial charge in [0.15, 0.2) is 0 Å². The van der Waals surface area contributed by atoms with Gasteiger partial charge in [0, 0.05) is 24.0 Å². The minimum absolute atomic E-state index is 0.340. The molecule has 0 bridgehead atoms. The van der Waals surface area contributed by atoms with Crippen LogP contribution in [0.5, 0.6) is 0 Å². The van der Waals surface area contributed by atoms with Crippen LogP contribution in [0.25, 0.3) is 0 Å². The van der Waals surface area contributed by atoms with E-state index in [0.29, 0.717) is 11.7 Å². The van der Waals surface area contributed by atoms with E-state index in [4.69, 9.17) is 4.74 Å². The maximum absolute atomic E-state index is 11.1. The first-order valence-electron chi connectivity index (χ1n) is 6.07. The third-order valence-electron chi connectivity index (χ3n) is 2.83. The lowest BCUT2D eigenvalue weighted by atomic mass is 10.1. The van der Waals surface area contributed by atoms with Crippen molar-refractivity contribution >= 4 is 17.5 Å². The average Bonchev–Trinajstić information content (AvgIpc) is 2.40.